The highest BCUT2D eigenvalue weighted by Crippen LogP contribution is 2.28. The molecule has 108 valence electrons. The van der Waals surface area contributed by atoms with Crippen LogP contribution in [0.4, 0.5) is 0 Å². The highest BCUT2D eigenvalue weighted by atomic mass is 16.5. The summed E-state index contributed by atoms with van der Waals surface area (Å²) in [5.74, 6) is 1.60. The fourth-order valence-corrected chi connectivity index (χ4v) is 2.01. The van der Waals surface area contributed by atoms with E-state index in [1.165, 1.54) is 5.56 Å². The van der Waals surface area contributed by atoms with E-state index in [0.29, 0.717) is 5.92 Å². The lowest BCUT2D eigenvalue weighted by Crippen LogP contribution is -2.85. The molecule has 0 bridgehead atoms. The van der Waals surface area contributed by atoms with Crippen molar-refractivity contribution in [3.63, 3.8) is 0 Å². The van der Waals surface area contributed by atoms with Gasteiger partial charge in [-0.1, -0.05) is 32.0 Å². The second-order valence-electron chi connectivity index (χ2n) is 4.91. The summed E-state index contributed by atoms with van der Waals surface area (Å²) in [5.41, 5.74) is 1.32. The highest BCUT2D eigenvalue weighted by Gasteiger charge is 2.09. The van der Waals surface area contributed by atoms with Crippen molar-refractivity contribution < 1.29 is 14.8 Å². The zero-order valence-corrected chi connectivity index (χ0v) is 12.5. The van der Waals surface area contributed by atoms with Crippen LogP contribution >= 0.6 is 0 Å². The molecule has 1 atom stereocenters. The van der Waals surface area contributed by atoms with Gasteiger partial charge in [-0.3, -0.25) is 0 Å². The minimum atomic E-state index is 0.557. The number of benzene rings is 1. The molecule has 3 heteroatoms. The third kappa shape index (κ3) is 6.08. The van der Waals surface area contributed by atoms with E-state index in [2.05, 4.69) is 37.4 Å². The van der Waals surface area contributed by atoms with E-state index >= 15 is 0 Å². The van der Waals surface area contributed by atoms with Gasteiger partial charge in [0, 0.05) is 13.5 Å². The van der Waals surface area contributed by atoms with Crippen molar-refractivity contribution in [2.75, 3.05) is 33.4 Å². The summed E-state index contributed by atoms with van der Waals surface area (Å²) in [7, 11) is 1.74. The Bertz CT molecular complexity index is 341. The van der Waals surface area contributed by atoms with Crippen molar-refractivity contribution >= 4 is 0 Å². The molecule has 2 N–H and O–H groups in total. The monoisotopic (exact) mass is 266 g/mol. The first-order valence-corrected chi connectivity index (χ1v) is 7.31. The van der Waals surface area contributed by atoms with Crippen LogP contribution in [0.3, 0.4) is 0 Å². The fraction of sp³-hybridized carbons (Fsp3) is 0.625. The van der Waals surface area contributed by atoms with Gasteiger partial charge in [-0.25, -0.2) is 0 Å². The summed E-state index contributed by atoms with van der Waals surface area (Å²) in [5, 5.41) is 2.28. The van der Waals surface area contributed by atoms with Crippen molar-refractivity contribution in [1.29, 1.82) is 0 Å². The van der Waals surface area contributed by atoms with Crippen molar-refractivity contribution in [3.05, 3.63) is 29.8 Å². The van der Waals surface area contributed by atoms with Crippen LogP contribution in [-0.2, 0) is 4.74 Å². The largest absolute Gasteiger partial charge is 0.487 e. The molecule has 0 fully saturated rings. The van der Waals surface area contributed by atoms with Crippen LogP contribution in [0.25, 0.3) is 0 Å². The highest BCUT2D eigenvalue weighted by molar-refractivity contribution is 5.35. The Morgan fingerprint density at radius 3 is 2.68 bits per heavy atom. The molecule has 0 aromatic heterocycles. The number of quaternary nitrogens is 1. The molecule has 0 unspecified atom stereocenters. The molecule has 0 aliphatic heterocycles. The number of methoxy groups -OCH3 is 1. The molecular formula is C16H28NO2+. The van der Waals surface area contributed by atoms with Crippen LogP contribution in [0.2, 0.25) is 0 Å². The van der Waals surface area contributed by atoms with Crippen LogP contribution < -0.4 is 10.1 Å². The first-order chi connectivity index (χ1) is 9.29. The van der Waals surface area contributed by atoms with Crippen LogP contribution in [0.5, 0.6) is 5.75 Å². The van der Waals surface area contributed by atoms with Gasteiger partial charge in [-0.2, -0.15) is 0 Å². The maximum atomic E-state index is 5.90. The minimum absolute atomic E-state index is 0.557. The standard InChI is InChI=1S/C16H27NO2/c1-4-14(2)15-8-5-6-9-16(15)19-13-11-17-10-7-12-18-3/h5-6,8-9,14,17H,4,7,10-13H2,1-3H3/p+1/t14-/m1/s1. The van der Waals surface area contributed by atoms with E-state index < -0.39 is 0 Å². The Kier molecular flexibility index (Phi) is 8.26. The van der Waals surface area contributed by atoms with Gasteiger partial charge in [0.15, 0.2) is 0 Å². The summed E-state index contributed by atoms with van der Waals surface area (Å²) in [6.45, 7) is 8.17. The topological polar surface area (TPSA) is 35.1 Å². The van der Waals surface area contributed by atoms with Gasteiger partial charge in [0.2, 0.25) is 0 Å². The quantitative estimate of drug-likeness (QED) is 0.659. The van der Waals surface area contributed by atoms with E-state index in [1.807, 2.05) is 6.07 Å². The van der Waals surface area contributed by atoms with E-state index in [-0.39, 0.29) is 0 Å². The first-order valence-electron chi connectivity index (χ1n) is 7.31. The van der Waals surface area contributed by atoms with Gasteiger partial charge in [-0.15, -0.1) is 0 Å². The predicted octanol–water partition coefficient (Wildman–Crippen LogP) is 2.18. The third-order valence-electron chi connectivity index (χ3n) is 3.40. The predicted molar refractivity (Wildman–Crippen MR) is 78.8 cm³/mol. The summed E-state index contributed by atoms with van der Waals surface area (Å²) >= 11 is 0. The molecule has 0 amide bonds. The molecule has 1 aromatic rings. The second kappa shape index (κ2) is 9.82. The molecule has 0 saturated carbocycles. The summed E-state index contributed by atoms with van der Waals surface area (Å²) in [6.07, 6.45) is 2.24. The normalized spacial score (nSPS) is 12.4. The van der Waals surface area contributed by atoms with Crippen molar-refractivity contribution in [2.24, 2.45) is 0 Å². The zero-order chi connectivity index (χ0) is 13.9. The van der Waals surface area contributed by atoms with Gasteiger partial charge in [0.1, 0.15) is 18.9 Å². The number of para-hydroxylation sites is 1. The van der Waals surface area contributed by atoms with E-state index in [9.17, 15) is 0 Å². The first kappa shape index (κ1) is 16.0. The molecule has 0 heterocycles. The van der Waals surface area contributed by atoms with E-state index in [1.54, 1.807) is 7.11 Å². The van der Waals surface area contributed by atoms with Crippen molar-refractivity contribution in [2.45, 2.75) is 32.6 Å². The summed E-state index contributed by atoms with van der Waals surface area (Å²) < 4.78 is 10.9. The summed E-state index contributed by atoms with van der Waals surface area (Å²) in [6, 6.07) is 8.38. The van der Waals surface area contributed by atoms with E-state index in [0.717, 1.165) is 44.9 Å². The lowest BCUT2D eigenvalue weighted by Gasteiger charge is -2.15. The number of ether oxygens (including phenoxy) is 2. The number of hydrogen-bond donors (Lipinski definition) is 1. The van der Waals surface area contributed by atoms with Crippen LogP contribution in [0.1, 0.15) is 38.2 Å². The molecule has 0 radical (unpaired) electrons. The van der Waals surface area contributed by atoms with Gasteiger partial charge < -0.3 is 14.8 Å². The number of nitrogens with two attached hydrogens (primary N) is 1. The Hall–Kier alpha value is -1.06. The van der Waals surface area contributed by atoms with Gasteiger partial charge in [-0.05, 0) is 24.0 Å². The van der Waals surface area contributed by atoms with Crippen molar-refractivity contribution in [3.8, 4) is 5.75 Å². The minimum Gasteiger partial charge on any atom is -0.487 e. The second-order valence-corrected chi connectivity index (χ2v) is 4.91. The molecule has 0 spiro atoms. The molecule has 0 saturated heterocycles. The van der Waals surface area contributed by atoms with Crippen LogP contribution in [0, 0.1) is 0 Å². The lowest BCUT2D eigenvalue weighted by atomic mass is 9.98. The maximum Gasteiger partial charge on any atom is 0.137 e. The van der Waals surface area contributed by atoms with Gasteiger partial charge in [0.05, 0.1) is 13.2 Å². The molecule has 0 aliphatic carbocycles. The average Bonchev–Trinajstić information content (AvgIpc) is 2.46. The fourth-order valence-electron chi connectivity index (χ4n) is 2.01. The Morgan fingerprint density at radius 2 is 1.95 bits per heavy atom. The number of rotatable bonds is 10. The van der Waals surface area contributed by atoms with Crippen molar-refractivity contribution in [1.82, 2.24) is 0 Å². The maximum absolute atomic E-state index is 5.90. The molecule has 1 rings (SSSR count). The molecule has 3 nitrogen and oxygen atoms in total. The van der Waals surface area contributed by atoms with Gasteiger partial charge in [0.25, 0.3) is 0 Å². The Labute approximate surface area is 117 Å². The molecule has 19 heavy (non-hydrogen) atoms. The van der Waals surface area contributed by atoms with Gasteiger partial charge >= 0.3 is 0 Å². The number of hydrogen-bond acceptors (Lipinski definition) is 2. The SMILES string of the molecule is CC[C@@H](C)c1ccccc1OCC[NH2+]CCCOC. The Balaban J connectivity index is 2.29. The molecule has 0 aliphatic rings. The lowest BCUT2D eigenvalue weighted by molar-refractivity contribution is -0.655. The summed E-state index contributed by atoms with van der Waals surface area (Å²) in [4.78, 5) is 0. The third-order valence-corrected chi connectivity index (χ3v) is 3.40. The Morgan fingerprint density at radius 1 is 1.16 bits per heavy atom. The molecule has 1 aromatic carbocycles. The zero-order valence-electron chi connectivity index (χ0n) is 12.5. The van der Waals surface area contributed by atoms with Crippen LogP contribution in [-0.4, -0.2) is 33.4 Å². The smallest absolute Gasteiger partial charge is 0.137 e. The van der Waals surface area contributed by atoms with Crippen LogP contribution in [0.15, 0.2) is 24.3 Å². The van der Waals surface area contributed by atoms with E-state index in [4.69, 9.17) is 9.47 Å². The molecular weight excluding hydrogens is 238 g/mol. The average molecular weight is 266 g/mol.